The van der Waals surface area contributed by atoms with Crippen molar-refractivity contribution in [3.8, 4) is 5.69 Å². The smallest absolute Gasteiger partial charge is 0.312 e. The fourth-order valence-corrected chi connectivity index (χ4v) is 5.09. The van der Waals surface area contributed by atoms with E-state index in [1.807, 2.05) is 0 Å². The number of carbonyl (C=O) groups is 3. The van der Waals surface area contributed by atoms with Crippen molar-refractivity contribution in [3.05, 3.63) is 69.7 Å². The minimum absolute atomic E-state index is 0.0327. The summed E-state index contributed by atoms with van der Waals surface area (Å²) in [6, 6.07) is 5.15. The maximum absolute atomic E-state index is 14.0. The van der Waals surface area contributed by atoms with E-state index < -0.39 is 40.8 Å². The lowest BCUT2D eigenvalue weighted by atomic mass is 9.86. The highest BCUT2D eigenvalue weighted by Crippen LogP contribution is 2.38. The van der Waals surface area contributed by atoms with E-state index in [2.05, 4.69) is 20.4 Å². The van der Waals surface area contributed by atoms with Crippen LogP contribution in [0.4, 0.5) is 4.39 Å². The van der Waals surface area contributed by atoms with E-state index in [4.69, 9.17) is 4.74 Å². The fourth-order valence-electron chi connectivity index (χ4n) is 5.09. The third-order valence-corrected chi connectivity index (χ3v) is 7.29. The molecule has 216 valence electrons. The zero-order chi connectivity index (χ0) is 29.5. The molecule has 2 aromatic heterocycles. The lowest BCUT2D eigenvalue weighted by Gasteiger charge is -2.47. The molecule has 14 nitrogen and oxygen atoms in total. The standard InChI is InChI=1S/C26H29FN8O6/c1-15-29-14-30-35(15)19-10-17(27)5-4-16(19)12-28-22(38)18-11-21(37)34-8-9-41-26(25(34)31-18)6-7-33(13-20(26)36)24(40)23(39)32(2)3/h4-5,10-11,14,20,36H,6-9,12-13H2,1-3H3,(H,28,38). The van der Waals surface area contributed by atoms with Crippen molar-refractivity contribution in [2.75, 3.05) is 33.8 Å². The summed E-state index contributed by atoms with van der Waals surface area (Å²) in [5, 5.41) is 18.0. The van der Waals surface area contributed by atoms with Crippen LogP contribution in [0.25, 0.3) is 5.69 Å². The number of carbonyl (C=O) groups excluding carboxylic acids is 3. The molecule has 41 heavy (non-hydrogen) atoms. The summed E-state index contributed by atoms with van der Waals surface area (Å²) in [5.74, 6) is -2.06. The van der Waals surface area contributed by atoms with Crippen LogP contribution in [0.1, 0.15) is 34.1 Å². The maximum Gasteiger partial charge on any atom is 0.312 e. The van der Waals surface area contributed by atoms with E-state index >= 15 is 0 Å². The van der Waals surface area contributed by atoms with Crippen LogP contribution in [0.3, 0.4) is 0 Å². The molecule has 15 heteroatoms. The van der Waals surface area contributed by atoms with Crippen LogP contribution < -0.4 is 10.9 Å². The van der Waals surface area contributed by atoms with Gasteiger partial charge in [0.25, 0.3) is 11.5 Å². The van der Waals surface area contributed by atoms with Crippen molar-refractivity contribution < 1.29 is 28.6 Å². The number of nitrogens with zero attached hydrogens (tertiary/aromatic N) is 7. The normalized spacial score (nSPS) is 20.0. The minimum atomic E-state index is -1.46. The number of piperidine rings is 1. The second-order valence-corrected chi connectivity index (χ2v) is 10.1. The molecule has 2 aliphatic rings. The molecule has 3 aromatic rings. The summed E-state index contributed by atoms with van der Waals surface area (Å²) in [7, 11) is 2.91. The largest absolute Gasteiger partial charge is 0.388 e. The number of benzene rings is 1. The minimum Gasteiger partial charge on any atom is -0.388 e. The van der Waals surface area contributed by atoms with E-state index in [9.17, 15) is 28.7 Å². The quantitative estimate of drug-likeness (QED) is 0.380. The average Bonchev–Trinajstić information content (AvgIpc) is 3.38. The summed E-state index contributed by atoms with van der Waals surface area (Å²) < 4.78 is 22.8. The Morgan fingerprint density at radius 3 is 2.71 bits per heavy atom. The number of aryl methyl sites for hydroxylation is 1. The van der Waals surface area contributed by atoms with Crippen LogP contribution in [-0.2, 0) is 33.0 Å². The molecule has 0 bridgehead atoms. The lowest BCUT2D eigenvalue weighted by molar-refractivity contribution is -0.188. The molecule has 2 N–H and O–H groups in total. The molecular weight excluding hydrogens is 539 g/mol. The maximum atomic E-state index is 14.0. The zero-order valence-corrected chi connectivity index (χ0v) is 22.7. The molecule has 2 atom stereocenters. The van der Waals surface area contributed by atoms with Gasteiger partial charge in [0.2, 0.25) is 0 Å². The summed E-state index contributed by atoms with van der Waals surface area (Å²) in [6.07, 6.45) is 0.0634. The van der Waals surface area contributed by atoms with Crippen molar-refractivity contribution in [1.29, 1.82) is 0 Å². The first kappa shape index (κ1) is 28.0. The molecule has 1 fully saturated rings. The Bertz CT molecular complexity index is 1590. The number of halogens is 1. The number of aliphatic hydroxyl groups is 1. The molecule has 4 heterocycles. The molecule has 5 rings (SSSR count). The van der Waals surface area contributed by atoms with E-state index in [0.29, 0.717) is 17.1 Å². The lowest BCUT2D eigenvalue weighted by Crippen LogP contribution is -2.61. The Labute approximate surface area is 233 Å². The van der Waals surface area contributed by atoms with Crippen molar-refractivity contribution in [3.63, 3.8) is 0 Å². The van der Waals surface area contributed by atoms with Crippen LogP contribution in [0.15, 0.2) is 35.4 Å². The number of fused-ring (bicyclic) bond motifs is 2. The summed E-state index contributed by atoms with van der Waals surface area (Å²) >= 11 is 0. The molecule has 2 aliphatic heterocycles. The number of aromatic nitrogens is 5. The van der Waals surface area contributed by atoms with Gasteiger partial charge in [-0.05, 0) is 24.6 Å². The van der Waals surface area contributed by atoms with Gasteiger partial charge in [-0.25, -0.2) is 19.0 Å². The zero-order valence-electron chi connectivity index (χ0n) is 22.7. The first-order valence-corrected chi connectivity index (χ1v) is 12.9. The highest BCUT2D eigenvalue weighted by Gasteiger charge is 2.51. The second-order valence-electron chi connectivity index (χ2n) is 10.1. The molecule has 3 amide bonds. The van der Waals surface area contributed by atoms with E-state index in [1.165, 1.54) is 52.8 Å². The van der Waals surface area contributed by atoms with Crippen LogP contribution in [0.2, 0.25) is 0 Å². The predicted molar refractivity (Wildman–Crippen MR) is 139 cm³/mol. The van der Waals surface area contributed by atoms with Gasteiger partial charge in [0.05, 0.1) is 25.4 Å². The highest BCUT2D eigenvalue weighted by molar-refractivity contribution is 6.34. The number of nitrogens with one attached hydrogen (secondary N) is 1. The molecule has 1 aromatic carbocycles. The Balaban J connectivity index is 1.40. The number of rotatable bonds is 4. The number of aliphatic hydroxyl groups excluding tert-OH is 1. The van der Waals surface area contributed by atoms with Crippen LogP contribution in [-0.4, -0.2) is 96.8 Å². The monoisotopic (exact) mass is 568 g/mol. The number of β-amino-alcohol motifs (C(OH)–C–C–N with tert-alkyl or cyclic N) is 1. The summed E-state index contributed by atoms with van der Waals surface area (Å²) in [6.45, 7) is 1.79. The Morgan fingerprint density at radius 1 is 1.24 bits per heavy atom. The van der Waals surface area contributed by atoms with Gasteiger partial charge in [0.15, 0.2) is 5.60 Å². The Morgan fingerprint density at radius 2 is 2.02 bits per heavy atom. The number of likely N-dealkylation sites (tertiary alicyclic amines) is 1. The van der Waals surface area contributed by atoms with E-state index in [-0.39, 0.29) is 50.7 Å². The van der Waals surface area contributed by atoms with E-state index in [0.717, 1.165) is 11.0 Å². The molecule has 0 radical (unpaired) electrons. The molecular formula is C26H29FN8O6. The van der Waals surface area contributed by atoms with Crippen LogP contribution in [0.5, 0.6) is 0 Å². The number of hydrogen-bond donors (Lipinski definition) is 2. The third kappa shape index (κ3) is 5.09. The molecule has 0 saturated carbocycles. The topological polar surface area (TPSA) is 165 Å². The van der Waals surface area contributed by atoms with Crippen molar-refractivity contribution >= 4 is 17.7 Å². The van der Waals surface area contributed by atoms with Crippen LogP contribution in [0, 0.1) is 12.7 Å². The van der Waals surface area contributed by atoms with Gasteiger partial charge in [-0.2, -0.15) is 5.10 Å². The van der Waals surface area contributed by atoms with Gasteiger partial charge in [0, 0.05) is 39.7 Å². The fraction of sp³-hybridized carbons (Fsp3) is 0.423. The summed E-state index contributed by atoms with van der Waals surface area (Å²) in [5.41, 5.74) is -1.22. The Hall–Kier alpha value is -4.50. The van der Waals surface area contributed by atoms with Gasteiger partial charge in [-0.1, -0.05) is 6.07 Å². The van der Waals surface area contributed by atoms with E-state index in [1.54, 1.807) is 6.92 Å². The SMILES string of the molecule is Cc1ncnn1-c1cc(F)ccc1CNC(=O)c1cc(=O)n2c(n1)C1(CCN(C(=O)C(=O)N(C)C)CC1O)OCC2. The van der Waals surface area contributed by atoms with Gasteiger partial charge < -0.3 is 25.0 Å². The number of hydrogen-bond acceptors (Lipinski definition) is 9. The van der Waals surface area contributed by atoms with Crippen LogP contribution >= 0.6 is 0 Å². The first-order valence-electron chi connectivity index (χ1n) is 12.9. The van der Waals surface area contributed by atoms with Crippen molar-refractivity contribution in [1.82, 2.24) is 39.4 Å². The van der Waals surface area contributed by atoms with Gasteiger partial charge in [0.1, 0.15) is 35.6 Å². The van der Waals surface area contributed by atoms with Crippen molar-refractivity contribution in [2.45, 2.75) is 38.1 Å². The third-order valence-electron chi connectivity index (χ3n) is 7.29. The number of likely N-dealkylation sites (N-methyl/N-ethyl adjacent to an activating group) is 1. The van der Waals surface area contributed by atoms with Gasteiger partial charge >= 0.3 is 11.8 Å². The average molecular weight is 569 g/mol. The highest BCUT2D eigenvalue weighted by atomic mass is 19.1. The van der Waals surface area contributed by atoms with Gasteiger partial charge in [-0.3, -0.25) is 23.7 Å². The first-order chi connectivity index (χ1) is 19.5. The Kier molecular flexibility index (Phi) is 7.40. The molecule has 1 saturated heterocycles. The summed E-state index contributed by atoms with van der Waals surface area (Å²) in [4.78, 5) is 61.8. The molecule has 2 unspecified atom stereocenters. The predicted octanol–water partition coefficient (Wildman–Crippen LogP) is -0.892. The number of ether oxygens (including phenoxy) is 1. The van der Waals surface area contributed by atoms with Crippen molar-refractivity contribution in [2.24, 2.45) is 0 Å². The van der Waals surface area contributed by atoms with Gasteiger partial charge in [-0.15, -0.1) is 0 Å². The second kappa shape index (κ2) is 10.8. The molecule has 1 spiro atoms. The molecule has 0 aliphatic carbocycles. The number of amides is 3.